The Kier molecular flexibility index (Phi) is 5.82. The molecule has 0 aliphatic heterocycles. The highest BCUT2D eigenvalue weighted by Gasteiger charge is 2.08. The molecule has 3 heteroatoms. The van der Waals surface area contributed by atoms with Crippen molar-refractivity contribution in [1.82, 2.24) is 4.73 Å². The second kappa shape index (κ2) is 7.83. The average Bonchev–Trinajstić information content (AvgIpc) is 2.54. The predicted octanol–water partition coefficient (Wildman–Crippen LogP) is 4.72. The van der Waals surface area contributed by atoms with Gasteiger partial charge in [-0.1, -0.05) is 50.5 Å². The minimum Gasteiger partial charge on any atom is -0.805 e. The molecule has 0 N–H and O–H groups in total. The van der Waals surface area contributed by atoms with Crippen LogP contribution in [0.15, 0.2) is 41.2 Å². The third-order valence-corrected chi connectivity index (χ3v) is 4.09. The third kappa shape index (κ3) is 3.59. The summed E-state index contributed by atoms with van der Waals surface area (Å²) < 4.78 is 0.910. The van der Waals surface area contributed by atoms with E-state index in [1.165, 1.54) is 25.7 Å². The second-order valence-electron chi connectivity index (χ2n) is 5.74. The van der Waals surface area contributed by atoms with Crippen LogP contribution in [-0.4, -0.2) is 4.73 Å². The molecule has 0 amide bonds. The zero-order valence-corrected chi connectivity index (χ0v) is 13.5. The van der Waals surface area contributed by atoms with Crippen molar-refractivity contribution in [1.29, 1.82) is 0 Å². The van der Waals surface area contributed by atoms with E-state index in [-0.39, 0.29) is 5.43 Å². The van der Waals surface area contributed by atoms with Crippen LogP contribution in [0.2, 0.25) is 0 Å². The fourth-order valence-corrected chi connectivity index (χ4v) is 2.71. The molecule has 0 aliphatic carbocycles. The van der Waals surface area contributed by atoms with Gasteiger partial charge in [0, 0.05) is 28.6 Å². The first kappa shape index (κ1) is 16.3. The summed E-state index contributed by atoms with van der Waals surface area (Å²) in [5, 5.41) is 13.0. The molecule has 0 aliphatic rings. The Hall–Kier alpha value is -2.03. The summed E-state index contributed by atoms with van der Waals surface area (Å²) in [4.78, 5) is 12.3. The summed E-state index contributed by atoms with van der Waals surface area (Å²) in [5.74, 6) is 0. The highest BCUT2D eigenvalue weighted by atomic mass is 16.5. The Morgan fingerprint density at radius 1 is 1.14 bits per heavy atom. The molecule has 1 aromatic heterocycles. The summed E-state index contributed by atoms with van der Waals surface area (Å²) >= 11 is 0. The predicted molar refractivity (Wildman–Crippen MR) is 93.3 cm³/mol. The summed E-state index contributed by atoms with van der Waals surface area (Å²) in [7, 11) is 0. The Balaban J connectivity index is 2.15. The molecule has 2 aromatic rings. The number of fused-ring (bicyclic) bond motifs is 1. The molecule has 0 saturated carbocycles. The number of benzene rings is 1. The van der Waals surface area contributed by atoms with Crippen molar-refractivity contribution in [2.75, 3.05) is 0 Å². The van der Waals surface area contributed by atoms with Crippen LogP contribution in [0.3, 0.4) is 0 Å². The van der Waals surface area contributed by atoms with Gasteiger partial charge in [-0.05, 0) is 31.9 Å². The Morgan fingerprint density at radius 3 is 2.68 bits per heavy atom. The van der Waals surface area contributed by atoms with Crippen molar-refractivity contribution >= 4 is 10.9 Å². The number of hydrogen-bond acceptors (Lipinski definition) is 2. The van der Waals surface area contributed by atoms with E-state index in [9.17, 15) is 10.0 Å². The first-order valence-electron chi connectivity index (χ1n) is 8.12. The summed E-state index contributed by atoms with van der Waals surface area (Å²) in [5.41, 5.74) is 1.55. The molecular weight excluding hydrogens is 274 g/mol. The Morgan fingerprint density at radius 2 is 1.91 bits per heavy atom. The van der Waals surface area contributed by atoms with Crippen molar-refractivity contribution in [3.8, 4) is 0 Å². The lowest BCUT2D eigenvalue weighted by molar-refractivity contribution is 0.674. The number of para-hydroxylation sites is 1. The standard InChI is InChI=1S/C19H24NO2/c1-3-4-5-6-7-8-9-13-17-15(2)19(21)16-12-10-11-14-18(16)20(17)22/h8-12,14H,3-7,13H2,1-2H3/q-1/b9-8+. The molecule has 2 rings (SSSR count). The molecule has 0 unspecified atom stereocenters. The molecule has 0 atom stereocenters. The van der Waals surface area contributed by atoms with Crippen molar-refractivity contribution in [3.05, 3.63) is 63.1 Å². The SMILES string of the molecule is CCCCCC/C=C/Cc1c(C)c(=O)c2ccccc2n1[O-]. The van der Waals surface area contributed by atoms with E-state index >= 15 is 0 Å². The molecule has 0 saturated heterocycles. The molecule has 3 nitrogen and oxygen atoms in total. The largest absolute Gasteiger partial charge is 0.805 e. The van der Waals surface area contributed by atoms with Crippen LogP contribution >= 0.6 is 0 Å². The quantitative estimate of drug-likeness (QED) is 0.548. The lowest BCUT2D eigenvalue weighted by Crippen LogP contribution is -2.15. The smallest absolute Gasteiger partial charge is 0.192 e. The first-order valence-corrected chi connectivity index (χ1v) is 8.12. The summed E-state index contributed by atoms with van der Waals surface area (Å²) in [6.45, 7) is 3.94. The van der Waals surface area contributed by atoms with Gasteiger partial charge in [-0.2, -0.15) is 0 Å². The summed E-state index contributed by atoms with van der Waals surface area (Å²) in [6, 6.07) is 7.01. The van der Waals surface area contributed by atoms with Crippen LogP contribution in [-0.2, 0) is 6.42 Å². The number of allylic oxidation sites excluding steroid dienone is 2. The number of nitrogens with zero attached hydrogens (tertiary/aromatic N) is 1. The van der Waals surface area contributed by atoms with Crippen molar-refractivity contribution in [2.45, 2.75) is 52.4 Å². The maximum absolute atomic E-state index is 12.5. The lowest BCUT2D eigenvalue weighted by atomic mass is 10.1. The topological polar surface area (TPSA) is 45.1 Å². The van der Waals surface area contributed by atoms with Crippen molar-refractivity contribution in [3.63, 3.8) is 0 Å². The van der Waals surface area contributed by atoms with Gasteiger partial charge in [-0.3, -0.25) is 4.79 Å². The number of rotatable bonds is 7. The first-order chi connectivity index (χ1) is 10.7. The second-order valence-corrected chi connectivity index (χ2v) is 5.74. The van der Waals surface area contributed by atoms with Crippen LogP contribution in [0.5, 0.6) is 0 Å². The third-order valence-electron chi connectivity index (χ3n) is 4.09. The number of aromatic nitrogens is 1. The van der Waals surface area contributed by atoms with Gasteiger partial charge in [-0.25, -0.2) is 0 Å². The van der Waals surface area contributed by atoms with Gasteiger partial charge in [0.2, 0.25) is 0 Å². The molecule has 1 aromatic carbocycles. The molecule has 22 heavy (non-hydrogen) atoms. The van der Waals surface area contributed by atoms with Crippen molar-refractivity contribution < 1.29 is 0 Å². The zero-order valence-electron chi connectivity index (χ0n) is 13.5. The average molecular weight is 298 g/mol. The van der Waals surface area contributed by atoms with E-state index in [2.05, 4.69) is 13.0 Å². The molecular formula is C19H24NO2-. The molecule has 1 heterocycles. The van der Waals surface area contributed by atoms with Gasteiger partial charge in [0.15, 0.2) is 5.43 Å². The Labute approximate surface area is 131 Å². The number of pyridine rings is 1. The lowest BCUT2D eigenvalue weighted by Gasteiger charge is -2.21. The Bertz CT molecular complexity index is 713. The van der Waals surface area contributed by atoms with Gasteiger partial charge >= 0.3 is 0 Å². The minimum atomic E-state index is -0.0333. The fourth-order valence-electron chi connectivity index (χ4n) is 2.71. The monoisotopic (exact) mass is 298 g/mol. The van der Waals surface area contributed by atoms with Gasteiger partial charge in [0.1, 0.15) is 0 Å². The highest BCUT2D eigenvalue weighted by molar-refractivity contribution is 5.80. The highest BCUT2D eigenvalue weighted by Crippen LogP contribution is 2.16. The molecule has 118 valence electrons. The van der Waals surface area contributed by atoms with Crippen LogP contribution in [0.25, 0.3) is 10.9 Å². The van der Waals surface area contributed by atoms with Crippen LogP contribution in [0.4, 0.5) is 0 Å². The van der Waals surface area contributed by atoms with Crippen LogP contribution in [0.1, 0.15) is 50.3 Å². The molecule has 0 radical (unpaired) electrons. The maximum Gasteiger partial charge on any atom is 0.192 e. The molecule has 0 bridgehead atoms. The van der Waals surface area contributed by atoms with Gasteiger partial charge in [0.05, 0.1) is 0 Å². The van der Waals surface area contributed by atoms with Crippen LogP contribution < -0.4 is 5.43 Å². The minimum absolute atomic E-state index is 0.0333. The van der Waals surface area contributed by atoms with E-state index in [4.69, 9.17) is 0 Å². The van der Waals surface area contributed by atoms with E-state index in [0.717, 1.165) is 11.2 Å². The number of unbranched alkanes of at least 4 members (excludes halogenated alkanes) is 4. The van der Waals surface area contributed by atoms with E-state index < -0.39 is 0 Å². The van der Waals surface area contributed by atoms with Crippen molar-refractivity contribution in [2.24, 2.45) is 0 Å². The van der Waals surface area contributed by atoms with E-state index in [0.29, 0.717) is 28.6 Å². The van der Waals surface area contributed by atoms with Gasteiger partial charge < -0.3 is 9.94 Å². The number of hydrogen-bond donors (Lipinski definition) is 0. The van der Waals surface area contributed by atoms with Gasteiger partial charge in [-0.15, -0.1) is 0 Å². The van der Waals surface area contributed by atoms with E-state index in [1.807, 2.05) is 6.08 Å². The normalized spacial score (nSPS) is 11.5. The fraction of sp³-hybridized carbons (Fsp3) is 0.421. The summed E-state index contributed by atoms with van der Waals surface area (Å²) in [6.07, 6.45) is 10.6. The maximum atomic E-state index is 12.5. The molecule has 0 fully saturated rings. The zero-order chi connectivity index (χ0) is 15.9. The van der Waals surface area contributed by atoms with E-state index in [1.54, 1.807) is 31.2 Å². The van der Waals surface area contributed by atoms with Crippen LogP contribution in [0, 0.1) is 12.1 Å². The van der Waals surface area contributed by atoms with Gasteiger partial charge in [0.25, 0.3) is 0 Å². The molecule has 0 spiro atoms.